The number of halogens is 6. The van der Waals surface area contributed by atoms with E-state index in [0.29, 0.717) is 88.8 Å². The van der Waals surface area contributed by atoms with Crippen molar-refractivity contribution in [3.8, 4) is 23.0 Å². The van der Waals surface area contributed by atoms with Crippen molar-refractivity contribution in [3.05, 3.63) is 189 Å². The molecule has 20 unspecified atom stereocenters. The molecule has 0 heterocycles. The second-order valence-corrected chi connectivity index (χ2v) is 44.1. The van der Waals surface area contributed by atoms with Gasteiger partial charge in [0.05, 0.1) is 97.7 Å². The third-order valence-corrected chi connectivity index (χ3v) is 40.6. The Balaban J connectivity index is 0.000000140. The number of fused-ring (bicyclic) bond motifs is 25. The van der Waals surface area contributed by atoms with Crippen LogP contribution in [0.2, 0.25) is 0 Å². The van der Waals surface area contributed by atoms with Crippen molar-refractivity contribution in [2.75, 3.05) is 84.7 Å². The van der Waals surface area contributed by atoms with Gasteiger partial charge in [0.1, 0.15) is 34.2 Å². The average molecular weight is 2270 g/mol. The van der Waals surface area contributed by atoms with Gasteiger partial charge in [-0.3, -0.25) is 57.5 Å². The second kappa shape index (κ2) is 44.0. The zero-order chi connectivity index (χ0) is 92.3. The Morgan fingerprint density at radius 1 is 0.405 bits per heavy atom. The maximum atomic E-state index is 13.0. The zero-order valence-corrected chi connectivity index (χ0v) is 88.3. The lowest BCUT2D eigenvalue weighted by Crippen LogP contribution is -2.64. The van der Waals surface area contributed by atoms with E-state index in [2.05, 4.69) is 181 Å². The predicted molar refractivity (Wildman–Crippen MR) is 535 cm³/mol. The first kappa shape index (κ1) is 103. The highest BCUT2D eigenvalue weighted by Gasteiger charge is 2.70. The summed E-state index contributed by atoms with van der Waals surface area (Å²) in [5, 5.41) is 20.3. The molecular formula is C93H96Br6O18S9. The van der Waals surface area contributed by atoms with Gasteiger partial charge in [-0.25, -0.2) is 0 Å². The Labute approximate surface area is 824 Å². The van der Waals surface area contributed by atoms with Crippen LogP contribution in [0.15, 0.2) is 188 Å². The number of carbonyl (C=O) groups is 12. The van der Waals surface area contributed by atoms with Crippen LogP contribution in [0, 0.1) is 82.9 Å². The van der Waals surface area contributed by atoms with Crippen LogP contribution >= 0.6 is 201 Å². The van der Waals surface area contributed by atoms with E-state index in [1.54, 1.807) is 42.3 Å². The fourth-order valence-corrected chi connectivity index (χ4v) is 30.9. The molecule has 20 atom stereocenters. The van der Waals surface area contributed by atoms with Gasteiger partial charge in [0.2, 0.25) is 5.78 Å². The predicted octanol–water partition coefficient (Wildman–Crippen LogP) is 21.0. The minimum absolute atomic E-state index is 0.00769. The van der Waals surface area contributed by atoms with Gasteiger partial charge in [0, 0.05) is 83.8 Å². The van der Waals surface area contributed by atoms with Crippen LogP contribution in [0.4, 0.5) is 0 Å². The minimum Gasteiger partial charge on any atom is -0.506 e. The maximum absolute atomic E-state index is 13.0. The maximum Gasteiger partial charge on any atom is 0.203 e. The van der Waals surface area contributed by atoms with Crippen LogP contribution in [0.5, 0.6) is 23.0 Å². The Bertz CT molecular complexity index is 5150. The molecule has 0 amide bonds. The van der Waals surface area contributed by atoms with Crippen LogP contribution in [-0.2, 0) is 67.0 Å². The number of carbonyl (C=O) groups excluding carboxylic acids is 12. The number of ether oxygens (including phenoxy) is 4. The number of allylic oxidation sites excluding steroid dienone is 25. The number of benzene rings is 2. The fraction of sp³-hybridized carbons (Fsp3) is 0.441. The first-order valence-corrected chi connectivity index (χ1v) is 56.1. The number of phenolic OH excluding ortho intramolecular Hbond substituents is 2. The summed E-state index contributed by atoms with van der Waals surface area (Å²) in [4.78, 5) is 149. The molecule has 10 bridgehead atoms. The number of thioether (sulfide) groups is 9. The molecule has 0 radical (unpaired) electrons. The molecule has 18 nitrogen and oxygen atoms in total. The van der Waals surface area contributed by atoms with E-state index in [1.807, 2.05) is 68.4 Å². The summed E-state index contributed by atoms with van der Waals surface area (Å²) in [5.41, 5.74) is 1.20. The average Bonchev–Trinajstić information content (AvgIpc) is 1.55. The van der Waals surface area contributed by atoms with Gasteiger partial charge in [-0.15, -0.1) is 82.3 Å². The van der Waals surface area contributed by atoms with Gasteiger partial charge in [0.15, 0.2) is 63.6 Å². The van der Waals surface area contributed by atoms with Crippen molar-refractivity contribution in [1.29, 1.82) is 0 Å². The highest BCUT2D eigenvalue weighted by molar-refractivity contribution is 9.15. The molecule has 17 aliphatic rings. The minimum atomic E-state index is -0.936. The third-order valence-electron chi connectivity index (χ3n) is 25.9. The number of hydrogen-bond donors (Lipinski definition) is 2. The van der Waals surface area contributed by atoms with Crippen molar-refractivity contribution >= 4 is 271 Å². The zero-order valence-electron chi connectivity index (χ0n) is 71.5. The van der Waals surface area contributed by atoms with E-state index in [-0.39, 0.29) is 151 Å². The highest BCUT2D eigenvalue weighted by Crippen LogP contribution is 2.63. The van der Waals surface area contributed by atoms with E-state index in [1.165, 1.54) is 124 Å². The molecule has 0 aromatic heterocycles. The lowest BCUT2D eigenvalue weighted by molar-refractivity contribution is -0.162. The van der Waals surface area contributed by atoms with Crippen LogP contribution in [-0.4, -0.2) is 186 Å². The number of aromatic hydroxyl groups is 2. The van der Waals surface area contributed by atoms with E-state index in [4.69, 9.17) is 18.9 Å². The number of phenols is 2. The second-order valence-electron chi connectivity index (χ2n) is 31.7. The van der Waals surface area contributed by atoms with E-state index >= 15 is 0 Å². The Hall–Kier alpha value is -4.01. The van der Waals surface area contributed by atoms with Gasteiger partial charge in [0.25, 0.3) is 0 Å². The van der Waals surface area contributed by atoms with E-state index in [0.717, 1.165) is 79.9 Å². The number of ketones is 12. The Kier molecular flexibility index (Phi) is 35.8. The molecule has 5 fully saturated rings. The first-order valence-electron chi connectivity index (χ1n) is 40.1. The number of hydrogen-bond acceptors (Lipinski definition) is 27. The Morgan fingerprint density at radius 2 is 0.794 bits per heavy atom. The third kappa shape index (κ3) is 18.9. The summed E-state index contributed by atoms with van der Waals surface area (Å²) in [5.74, 6) is 4.27. The van der Waals surface area contributed by atoms with Crippen LogP contribution in [0.3, 0.4) is 0 Å². The summed E-state index contributed by atoms with van der Waals surface area (Å²) in [6.07, 6.45) is 56.1. The molecule has 19 rings (SSSR count). The standard InChI is InChI=1S/C14H18O3S2.C14H16O3S2.2C13H14O2S2.C11H8Br2O2.C9H10O2S.C8H8Br2O2.C6H2Br2O2.C5H6/c2*1-17-14-8-5-4-7(6-8)9(14)10(15)11(18-2)12(19-3)13(14)16;2*1-16-12-10(14)8-6-3-4-7(5-6)9(8)11(15)13(12)17-2;12-8-9(13)11(15)7-5-2-1-4(3-5)6(7)10(8)14;1-5-4-7(10)6(2)9(12-3)8(5)11;1-11-5-3-4-6(12-2)8(10)7(5)9;7-5-3(9)1-2-4(10)6(5)8;1-2-4-5-3-1/h4-5,7-9,11-12H,6H2,1-3H3;4-5,7-9H,6H2,1-3H3;3-4,6-7,14-15H,5H2,1-2H3;3-4,6-9H,5H2,1-2H3;1-2,4-7H,3H2;4H,1-3H3;3-4H,1-2H3;1-2H;1-4H,5H2. The van der Waals surface area contributed by atoms with Crippen molar-refractivity contribution in [3.63, 3.8) is 0 Å². The monoisotopic (exact) mass is 2260 g/mol. The smallest absolute Gasteiger partial charge is 0.203 e. The van der Waals surface area contributed by atoms with E-state index < -0.39 is 11.2 Å². The molecule has 0 aliphatic heterocycles. The normalized spacial score (nSPS) is 31.8. The van der Waals surface area contributed by atoms with Gasteiger partial charge in [-0.05, 0) is 270 Å². The van der Waals surface area contributed by atoms with Crippen molar-refractivity contribution in [2.24, 2.45) is 82.9 Å². The molecule has 0 spiro atoms. The molecule has 672 valence electrons. The molecule has 0 saturated heterocycles. The summed E-state index contributed by atoms with van der Waals surface area (Å²) >= 11 is 32.1. The van der Waals surface area contributed by atoms with Crippen molar-refractivity contribution < 1.29 is 86.7 Å². The van der Waals surface area contributed by atoms with Gasteiger partial charge >= 0.3 is 0 Å². The fourth-order valence-electron chi connectivity index (χ4n) is 20.2. The van der Waals surface area contributed by atoms with Gasteiger partial charge in [-0.2, -0.15) is 23.5 Å². The first-order chi connectivity index (χ1) is 60.1. The molecule has 2 aromatic carbocycles. The number of methoxy groups -OCH3 is 4. The number of rotatable bonds is 13. The molecule has 2 N–H and O–H groups in total. The van der Waals surface area contributed by atoms with Gasteiger partial charge < -0.3 is 29.2 Å². The van der Waals surface area contributed by atoms with Crippen molar-refractivity contribution in [2.45, 2.75) is 95.7 Å². The topological polar surface area (TPSA) is 282 Å². The molecule has 2 aromatic rings. The van der Waals surface area contributed by atoms with E-state index in [9.17, 15) is 67.7 Å². The highest BCUT2D eigenvalue weighted by atomic mass is 79.9. The molecule has 33 heteroatoms. The lowest BCUT2D eigenvalue weighted by Gasteiger charge is -2.46. The van der Waals surface area contributed by atoms with Crippen LogP contribution in [0.1, 0.15) is 75.3 Å². The molecule has 126 heavy (non-hydrogen) atoms. The lowest BCUT2D eigenvalue weighted by atomic mass is 9.67. The molecule has 5 saturated carbocycles. The van der Waals surface area contributed by atoms with Crippen LogP contribution < -0.4 is 9.47 Å². The van der Waals surface area contributed by atoms with Crippen LogP contribution in [0.25, 0.3) is 0 Å². The Morgan fingerprint density at radius 3 is 1.17 bits per heavy atom. The molecular weight excluding hydrogens is 2170 g/mol. The SMILES string of the molecule is C1=CCC=C1.COC12C(=O)C(SC)=C(SC)C(=O)C1C1C=CC2C1.COC12C(=O)C(SC)C(SC)C(=O)C1C1C=CC2C1.COc1ccc(OC)c(Br)c1Br.CSC1=C(C)C(=O)C=C(C)C1=O.CSC1=C(SC)C(=O)C2C3C=CC(C3)C2C1=O.CSc1c(O)c2c(c(O)c1SC)C1C=CC2C1.O=C1C(Br)=C(Br)C(=O)C2C3C=CC(C3)C12.O=C1C=CC(=O)C(Br)=C1Br. The largest absolute Gasteiger partial charge is 0.506 e. The summed E-state index contributed by atoms with van der Waals surface area (Å²) in [7, 11) is 6.40. The number of Topliss-reactive ketones (excluding diaryl/α,β-unsaturated/α-hetero) is 9. The molecule has 17 aliphatic carbocycles. The van der Waals surface area contributed by atoms with Crippen molar-refractivity contribution in [1.82, 2.24) is 0 Å². The van der Waals surface area contributed by atoms with Gasteiger partial charge in [-0.1, -0.05) is 85.1 Å². The summed E-state index contributed by atoms with van der Waals surface area (Å²) < 4.78 is 24.7. The summed E-state index contributed by atoms with van der Waals surface area (Å²) in [6, 6.07) is 3.68. The summed E-state index contributed by atoms with van der Waals surface area (Å²) in [6.45, 7) is 3.36. The quantitative estimate of drug-likeness (QED) is 0.0815.